The molecule has 1 aromatic heterocycles. The van der Waals surface area contributed by atoms with Gasteiger partial charge < -0.3 is 9.42 Å². The topological polar surface area (TPSA) is 59.2 Å². The molecule has 1 fully saturated rings. The summed E-state index contributed by atoms with van der Waals surface area (Å²) in [5.74, 6) is 1.63. The van der Waals surface area contributed by atoms with Gasteiger partial charge in [-0.15, -0.1) is 0 Å². The van der Waals surface area contributed by atoms with Crippen LogP contribution in [0, 0.1) is 12.8 Å². The summed E-state index contributed by atoms with van der Waals surface area (Å²) in [5, 5.41) is 4.12. The Labute approximate surface area is 178 Å². The first-order valence-electron chi connectivity index (χ1n) is 10.9. The molecule has 0 unspecified atom stereocenters. The second kappa shape index (κ2) is 9.70. The number of nitrogens with zero attached hydrogens (tertiary/aromatic N) is 3. The van der Waals surface area contributed by atoms with Crippen LogP contribution in [-0.2, 0) is 17.6 Å². The molecule has 4 rings (SSSR count). The number of aromatic nitrogens is 2. The van der Waals surface area contributed by atoms with Crippen molar-refractivity contribution in [2.75, 3.05) is 13.1 Å². The first-order valence-corrected chi connectivity index (χ1v) is 10.9. The third-order valence-corrected chi connectivity index (χ3v) is 5.90. The lowest BCUT2D eigenvalue weighted by atomic mass is 10.1. The van der Waals surface area contributed by atoms with Crippen LogP contribution in [0.15, 0.2) is 59.1 Å². The van der Waals surface area contributed by atoms with Gasteiger partial charge in [-0.3, -0.25) is 4.79 Å². The van der Waals surface area contributed by atoms with E-state index >= 15 is 0 Å². The molecule has 0 atom stereocenters. The SMILES string of the molecule is Cc1ccc(-c2noc(CCN(CCc3ccccc3)C(=O)C3CCCC3)n2)cc1. The number of hydrogen-bond donors (Lipinski definition) is 0. The van der Waals surface area contributed by atoms with E-state index in [9.17, 15) is 4.79 Å². The van der Waals surface area contributed by atoms with Gasteiger partial charge in [0.15, 0.2) is 0 Å². The van der Waals surface area contributed by atoms with E-state index in [1.54, 1.807) is 0 Å². The van der Waals surface area contributed by atoms with Gasteiger partial charge in [0, 0.05) is 31.0 Å². The Balaban J connectivity index is 1.40. The Kier molecular flexibility index (Phi) is 6.57. The summed E-state index contributed by atoms with van der Waals surface area (Å²) in [6.07, 6.45) is 5.78. The normalized spacial score (nSPS) is 14.2. The highest BCUT2D eigenvalue weighted by Gasteiger charge is 2.27. The zero-order valence-electron chi connectivity index (χ0n) is 17.6. The maximum atomic E-state index is 13.1. The molecule has 1 aliphatic carbocycles. The molecule has 2 aromatic carbocycles. The summed E-state index contributed by atoms with van der Waals surface area (Å²) < 4.78 is 5.47. The van der Waals surface area contributed by atoms with Crippen LogP contribution in [0.5, 0.6) is 0 Å². The van der Waals surface area contributed by atoms with Crippen molar-refractivity contribution in [1.82, 2.24) is 15.0 Å². The van der Waals surface area contributed by atoms with Crippen LogP contribution >= 0.6 is 0 Å². The Bertz CT molecular complexity index is 944. The van der Waals surface area contributed by atoms with Crippen molar-refractivity contribution in [1.29, 1.82) is 0 Å². The molecular formula is C25H29N3O2. The number of hydrogen-bond acceptors (Lipinski definition) is 4. The summed E-state index contributed by atoms with van der Waals surface area (Å²) in [7, 11) is 0. The molecule has 1 aliphatic rings. The molecule has 0 N–H and O–H groups in total. The number of aryl methyl sites for hydroxylation is 1. The van der Waals surface area contributed by atoms with E-state index in [4.69, 9.17) is 4.52 Å². The quantitative estimate of drug-likeness (QED) is 0.539. The predicted octanol–water partition coefficient (Wildman–Crippen LogP) is 4.85. The second-order valence-electron chi connectivity index (χ2n) is 8.17. The highest BCUT2D eigenvalue weighted by molar-refractivity contribution is 5.79. The highest BCUT2D eigenvalue weighted by Crippen LogP contribution is 2.27. The average Bonchev–Trinajstić information content (AvgIpc) is 3.47. The zero-order valence-corrected chi connectivity index (χ0v) is 17.6. The number of rotatable bonds is 8. The summed E-state index contributed by atoms with van der Waals surface area (Å²) in [4.78, 5) is 19.6. The molecule has 1 heterocycles. The predicted molar refractivity (Wildman–Crippen MR) is 117 cm³/mol. The molecule has 156 valence electrons. The fraction of sp³-hybridized carbons (Fsp3) is 0.400. The fourth-order valence-corrected chi connectivity index (χ4v) is 4.08. The van der Waals surface area contributed by atoms with Crippen LogP contribution in [0.4, 0.5) is 0 Å². The van der Waals surface area contributed by atoms with Gasteiger partial charge in [0.2, 0.25) is 17.6 Å². The third kappa shape index (κ3) is 5.15. The first-order chi connectivity index (χ1) is 14.7. The van der Waals surface area contributed by atoms with Gasteiger partial charge >= 0.3 is 0 Å². The third-order valence-electron chi connectivity index (χ3n) is 5.90. The molecule has 5 nitrogen and oxygen atoms in total. The molecule has 0 bridgehead atoms. The number of benzene rings is 2. The molecule has 0 spiro atoms. The van der Waals surface area contributed by atoms with Crippen LogP contribution < -0.4 is 0 Å². The van der Waals surface area contributed by atoms with Crippen LogP contribution in [0.3, 0.4) is 0 Å². The van der Waals surface area contributed by atoms with Gasteiger partial charge in [-0.05, 0) is 31.7 Å². The molecule has 0 saturated heterocycles. The van der Waals surface area contributed by atoms with Crippen LogP contribution in [0.1, 0.15) is 42.7 Å². The van der Waals surface area contributed by atoms with Crippen molar-refractivity contribution in [3.63, 3.8) is 0 Å². The van der Waals surface area contributed by atoms with E-state index in [0.717, 1.165) is 44.2 Å². The molecule has 3 aromatic rings. The van der Waals surface area contributed by atoms with Gasteiger partial charge in [-0.2, -0.15) is 4.98 Å². The maximum absolute atomic E-state index is 13.1. The van der Waals surface area contributed by atoms with Gasteiger partial charge in [-0.25, -0.2) is 0 Å². The van der Waals surface area contributed by atoms with E-state index in [-0.39, 0.29) is 11.8 Å². The van der Waals surface area contributed by atoms with E-state index < -0.39 is 0 Å². The lowest BCUT2D eigenvalue weighted by molar-refractivity contribution is -0.135. The number of carbonyl (C=O) groups excluding carboxylic acids is 1. The van der Waals surface area contributed by atoms with Crippen LogP contribution in [-0.4, -0.2) is 34.0 Å². The smallest absolute Gasteiger partial charge is 0.228 e. The molecule has 0 radical (unpaired) electrons. The van der Waals surface area contributed by atoms with Crippen molar-refractivity contribution < 1.29 is 9.32 Å². The van der Waals surface area contributed by atoms with E-state index in [1.807, 2.05) is 47.4 Å². The Morgan fingerprint density at radius 1 is 1.00 bits per heavy atom. The van der Waals surface area contributed by atoms with Crippen molar-refractivity contribution in [3.05, 3.63) is 71.6 Å². The van der Waals surface area contributed by atoms with E-state index in [1.165, 1.54) is 11.1 Å². The minimum atomic E-state index is 0.173. The summed E-state index contributed by atoms with van der Waals surface area (Å²) in [6, 6.07) is 18.4. The van der Waals surface area contributed by atoms with Crippen LogP contribution in [0.25, 0.3) is 11.4 Å². The minimum absolute atomic E-state index is 0.173. The second-order valence-corrected chi connectivity index (χ2v) is 8.17. The van der Waals surface area contributed by atoms with E-state index in [2.05, 4.69) is 29.2 Å². The molecule has 5 heteroatoms. The van der Waals surface area contributed by atoms with Gasteiger partial charge in [0.05, 0.1) is 0 Å². The average molecular weight is 404 g/mol. The van der Waals surface area contributed by atoms with Crippen molar-refractivity contribution in [2.45, 2.75) is 45.4 Å². The fourth-order valence-electron chi connectivity index (χ4n) is 4.08. The monoisotopic (exact) mass is 403 g/mol. The Morgan fingerprint density at radius 2 is 1.70 bits per heavy atom. The zero-order chi connectivity index (χ0) is 20.8. The maximum Gasteiger partial charge on any atom is 0.228 e. The molecule has 30 heavy (non-hydrogen) atoms. The standard InChI is InChI=1S/C25H29N3O2/c1-19-11-13-21(14-12-19)24-26-23(30-27-24)16-18-28(25(29)22-9-5-6-10-22)17-15-20-7-3-2-4-8-20/h2-4,7-8,11-14,22H,5-6,9-10,15-18H2,1H3. The molecule has 0 aliphatic heterocycles. The number of amides is 1. The Morgan fingerprint density at radius 3 is 2.43 bits per heavy atom. The van der Waals surface area contributed by atoms with Crippen molar-refractivity contribution in [3.8, 4) is 11.4 Å². The van der Waals surface area contributed by atoms with Gasteiger partial charge in [0.1, 0.15) is 0 Å². The van der Waals surface area contributed by atoms with Crippen LogP contribution in [0.2, 0.25) is 0 Å². The molecule has 1 saturated carbocycles. The van der Waals surface area contributed by atoms with Crippen molar-refractivity contribution in [2.24, 2.45) is 5.92 Å². The summed E-state index contributed by atoms with van der Waals surface area (Å²) in [6.45, 7) is 3.38. The first kappa shape index (κ1) is 20.3. The van der Waals surface area contributed by atoms with Gasteiger partial charge in [0.25, 0.3) is 0 Å². The van der Waals surface area contributed by atoms with Crippen molar-refractivity contribution >= 4 is 5.91 Å². The molecule has 1 amide bonds. The summed E-state index contributed by atoms with van der Waals surface area (Å²) in [5.41, 5.74) is 3.39. The molecular weight excluding hydrogens is 374 g/mol. The minimum Gasteiger partial charge on any atom is -0.342 e. The largest absolute Gasteiger partial charge is 0.342 e. The lowest BCUT2D eigenvalue weighted by Gasteiger charge is -2.25. The number of carbonyl (C=O) groups is 1. The lowest BCUT2D eigenvalue weighted by Crippen LogP contribution is -2.38. The van der Waals surface area contributed by atoms with Gasteiger partial charge in [-0.1, -0.05) is 78.2 Å². The summed E-state index contributed by atoms with van der Waals surface area (Å²) >= 11 is 0. The van der Waals surface area contributed by atoms with E-state index in [0.29, 0.717) is 24.7 Å². The Hall–Kier alpha value is -2.95. The highest BCUT2D eigenvalue weighted by atomic mass is 16.5.